The number of hydrogen-bond donors (Lipinski definition) is 1. The van der Waals surface area contributed by atoms with E-state index in [-0.39, 0.29) is 6.04 Å². The van der Waals surface area contributed by atoms with Crippen molar-refractivity contribution >= 4 is 23.2 Å². The highest BCUT2D eigenvalue weighted by atomic mass is 35.5. The average molecular weight is 309 g/mol. The number of pyridine rings is 1. The number of benzene rings is 1. The van der Waals surface area contributed by atoms with Crippen molar-refractivity contribution in [2.24, 2.45) is 0 Å². The lowest BCUT2D eigenvalue weighted by atomic mass is 10.0. The second-order valence-corrected chi connectivity index (χ2v) is 5.55. The highest BCUT2D eigenvalue weighted by Crippen LogP contribution is 2.24. The topological polar surface area (TPSA) is 24.9 Å². The largest absolute Gasteiger partial charge is 0.308 e. The van der Waals surface area contributed by atoms with Gasteiger partial charge in [-0.15, -0.1) is 0 Å². The molecule has 0 amide bonds. The molecule has 1 aromatic heterocycles. The van der Waals surface area contributed by atoms with Gasteiger partial charge in [0.05, 0.1) is 16.8 Å². The Morgan fingerprint density at radius 3 is 2.75 bits per heavy atom. The number of halogens is 2. The second-order valence-electron chi connectivity index (χ2n) is 4.71. The van der Waals surface area contributed by atoms with Gasteiger partial charge in [-0.25, -0.2) is 0 Å². The van der Waals surface area contributed by atoms with Crippen LogP contribution in [0.15, 0.2) is 42.6 Å². The molecule has 2 rings (SSSR count). The average Bonchev–Trinajstić information content (AvgIpc) is 2.44. The van der Waals surface area contributed by atoms with Crippen LogP contribution in [0.2, 0.25) is 10.0 Å². The van der Waals surface area contributed by atoms with Crippen molar-refractivity contribution < 1.29 is 0 Å². The molecule has 106 valence electrons. The minimum Gasteiger partial charge on any atom is -0.308 e. The molecular weight excluding hydrogens is 291 g/mol. The Balaban J connectivity index is 2.22. The fourth-order valence-corrected chi connectivity index (χ4v) is 2.60. The summed E-state index contributed by atoms with van der Waals surface area (Å²) in [5, 5.41) is 4.96. The number of nitrogens with one attached hydrogen (secondary N) is 1. The molecule has 4 heteroatoms. The van der Waals surface area contributed by atoms with Crippen LogP contribution in [0.25, 0.3) is 0 Å². The third-order valence-electron chi connectivity index (χ3n) is 3.09. The summed E-state index contributed by atoms with van der Waals surface area (Å²) in [4.78, 5) is 4.42. The molecule has 1 unspecified atom stereocenters. The van der Waals surface area contributed by atoms with Crippen molar-refractivity contribution in [2.75, 3.05) is 6.54 Å². The van der Waals surface area contributed by atoms with Crippen LogP contribution in [0, 0.1) is 0 Å². The molecule has 0 radical (unpaired) electrons. The monoisotopic (exact) mass is 308 g/mol. The zero-order valence-corrected chi connectivity index (χ0v) is 13.0. The fourth-order valence-electron chi connectivity index (χ4n) is 2.14. The van der Waals surface area contributed by atoms with E-state index >= 15 is 0 Å². The van der Waals surface area contributed by atoms with E-state index in [0.717, 1.165) is 30.1 Å². The first kappa shape index (κ1) is 15.3. The molecule has 0 aliphatic carbocycles. The van der Waals surface area contributed by atoms with E-state index < -0.39 is 0 Å². The zero-order chi connectivity index (χ0) is 14.4. The SMILES string of the molecule is CCCNC(Cc1cccc(Cl)c1)c1ncccc1Cl. The third kappa shape index (κ3) is 4.20. The summed E-state index contributed by atoms with van der Waals surface area (Å²) in [7, 11) is 0. The first-order chi connectivity index (χ1) is 9.70. The van der Waals surface area contributed by atoms with Crippen molar-refractivity contribution in [3.8, 4) is 0 Å². The maximum absolute atomic E-state index is 6.27. The number of hydrogen-bond acceptors (Lipinski definition) is 2. The van der Waals surface area contributed by atoms with Gasteiger partial charge in [-0.1, -0.05) is 42.3 Å². The molecule has 0 saturated heterocycles. The summed E-state index contributed by atoms with van der Waals surface area (Å²) in [5.41, 5.74) is 2.07. The molecule has 0 fully saturated rings. The molecule has 0 spiro atoms. The molecule has 0 bridgehead atoms. The van der Waals surface area contributed by atoms with Crippen LogP contribution >= 0.6 is 23.2 Å². The van der Waals surface area contributed by atoms with E-state index in [1.54, 1.807) is 6.20 Å². The van der Waals surface area contributed by atoms with Gasteiger partial charge in [-0.2, -0.15) is 0 Å². The third-order valence-corrected chi connectivity index (χ3v) is 3.64. The van der Waals surface area contributed by atoms with Gasteiger partial charge in [-0.05, 0) is 49.2 Å². The summed E-state index contributed by atoms with van der Waals surface area (Å²) in [6, 6.07) is 11.7. The summed E-state index contributed by atoms with van der Waals surface area (Å²) >= 11 is 12.3. The van der Waals surface area contributed by atoms with Crippen molar-refractivity contribution in [3.05, 3.63) is 63.9 Å². The van der Waals surface area contributed by atoms with Crippen molar-refractivity contribution in [1.82, 2.24) is 10.3 Å². The lowest BCUT2D eigenvalue weighted by Crippen LogP contribution is -2.25. The summed E-state index contributed by atoms with van der Waals surface area (Å²) in [5.74, 6) is 0. The lowest BCUT2D eigenvalue weighted by molar-refractivity contribution is 0.518. The molecule has 1 N–H and O–H groups in total. The number of rotatable bonds is 6. The minimum atomic E-state index is 0.0992. The molecule has 0 saturated carbocycles. The van der Waals surface area contributed by atoms with Gasteiger partial charge in [0, 0.05) is 11.2 Å². The highest BCUT2D eigenvalue weighted by molar-refractivity contribution is 6.31. The second kappa shape index (κ2) is 7.63. The molecular formula is C16H18Cl2N2. The standard InChI is InChI=1S/C16H18Cl2N2/c1-2-8-19-15(16-14(18)7-4-9-20-16)11-12-5-3-6-13(17)10-12/h3-7,9-10,15,19H,2,8,11H2,1H3. The smallest absolute Gasteiger partial charge is 0.0762 e. The summed E-state index contributed by atoms with van der Waals surface area (Å²) in [6.45, 7) is 3.07. The Morgan fingerprint density at radius 1 is 1.20 bits per heavy atom. The Hall–Kier alpha value is -1.09. The van der Waals surface area contributed by atoms with Gasteiger partial charge in [0.25, 0.3) is 0 Å². The summed E-state index contributed by atoms with van der Waals surface area (Å²) < 4.78 is 0. The lowest BCUT2D eigenvalue weighted by Gasteiger charge is -2.19. The molecule has 1 aromatic carbocycles. The van der Waals surface area contributed by atoms with Crippen LogP contribution in [-0.2, 0) is 6.42 Å². The normalized spacial score (nSPS) is 12.3. The molecule has 2 aromatic rings. The van der Waals surface area contributed by atoms with E-state index in [1.165, 1.54) is 5.56 Å². The fraction of sp³-hybridized carbons (Fsp3) is 0.312. The van der Waals surface area contributed by atoms with Gasteiger partial charge < -0.3 is 5.32 Å². The van der Waals surface area contributed by atoms with Gasteiger partial charge >= 0.3 is 0 Å². The van der Waals surface area contributed by atoms with Crippen molar-refractivity contribution in [2.45, 2.75) is 25.8 Å². The maximum Gasteiger partial charge on any atom is 0.0762 e. The van der Waals surface area contributed by atoms with Crippen molar-refractivity contribution in [3.63, 3.8) is 0 Å². The van der Waals surface area contributed by atoms with E-state index in [0.29, 0.717) is 5.02 Å². The van der Waals surface area contributed by atoms with Crippen LogP contribution in [0.1, 0.15) is 30.6 Å². The molecule has 0 aliphatic rings. The van der Waals surface area contributed by atoms with Gasteiger partial charge in [0.15, 0.2) is 0 Å². The Labute approximate surface area is 130 Å². The Bertz CT molecular complexity index is 558. The van der Waals surface area contributed by atoms with Crippen LogP contribution in [0.3, 0.4) is 0 Å². The predicted molar refractivity (Wildman–Crippen MR) is 85.4 cm³/mol. The number of nitrogens with zero attached hydrogens (tertiary/aromatic N) is 1. The molecule has 1 heterocycles. The van der Waals surface area contributed by atoms with Crippen LogP contribution in [-0.4, -0.2) is 11.5 Å². The Morgan fingerprint density at radius 2 is 2.05 bits per heavy atom. The van der Waals surface area contributed by atoms with Gasteiger partial charge in [-0.3, -0.25) is 4.98 Å². The first-order valence-electron chi connectivity index (χ1n) is 6.79. The molecule has 0 aliphatic heterocycles. The van der Waals surface area contributed by atoms with Gasteiger partial charge in [0.2, 0.25) is 0 Å². The van der Waals surface area contributed by atoms with Gasteiger partial charge in [0.1, 0.15) is 0 Å². The molecule has 20 heavy (non-hydrogen) atoms. The summed E-state index contributed by atoms with van der Waals surface area (Å²) in [6.07, 6.45) is 3.66. The Kier molecular flexibility index (Phi) is 5.84. The minimum absolute atomic E-state index is 0.0992. The quantitative estimate of drug-likeness (QED) is 0.838. The zero-order valence-electron chi connectivity index (χ0n) is 11.4. The van der Waals surface area contributed by atoms with Crippen LogP contribution < -0.4 is 5.32 Å². The predicted octanol–water partition coefficient (Wildman–Crippen LogP) is 4.67. The number of aromatic nitrogens is 1. The van der Waals surface area contributed by atoms with E-state index in [4.69, 9.17) is 23.2 Å². The highest BCUT2D eigenvalue weighted by Gasteiger charge is 2.16. The van der Waals surface area contributed by atoms with E-state index in [2.05, 4.69) is 23.3 Å². The van der Waals surface area contributed by atoms with E-state index in [9.17, 15) is 0 Å². The van der Waals surface area contributed by atoms with E-state index in [1.807, 2.05) is 30.3 Å². The first-order valence-corrected chi connectivity index (χ1v) is 7.54. The maximum atomic E-state index is 6.27. The van der Waals surface area contributed by atoms with Crippen LogP contribution in [0.5, 0.6) is 0 Å². The van der Waals surface area contributed by atoms with Crippen molar-refractivity contribution in [1.29, 1.82) is 0 Å². The van der Waals surface area contributed by atoms with Crippen LogP contribution in [0.4, 0.5) is 0 Å². The molecule has 1 atom stereocenters. The molecule has 2 nitrogen and oxygen atoms in total.